The van der Waals surface area contributed by atoms with E-state index in [1.807, 2.05) is 25.3 Å². The van der Waals surface area contributed by atoms with E-state index in [1.54, 1.807) is 0 Å². The number of ether oxygens (including phenoxy) is 1. The molecular formula is C16H23N3O. The first kappa shape index (κ1) is 14.6. The van der Waals surface area contributed by atoms with Gasteiger partial charge in [0.05, 0.1) is 12.3 Å². The molecule has 1 heterocycles. The first-order chi connectivity index (χ1) is 9.74. The second kappa shape index (κ2) is 7.10. The SMILES string of the molecule is CCCN(C)Cc1c[nH]nc1-c1ccc(OCC)cc1. The fraction of sp³-hybridized carbons (Fsp3) is 0.438. The molecule has 0 aliphatic heterocycles. The van der Waals surface area contributed by atoms with Gasteiger partial charge in [-0.1, -0.05) is 6.92 Å². The van der Waals surface area contributed by atoms with Crippen LogP contribution in [0.25, 0.3) is 11.3 Å². The van der Waals surface area contributed by atoms with E-state index in [9.17, 15) is 0 Å². The third kappa shape index (κ3) is 3.61. The van der Waals surface area contributed by atoms with Gasteiger partial charge in [-0.2, -0.15) is 5.10 Å². The number of rotatable bonds is 7. The molecule has 2 aromatic rings. The Bertz CT molecular complexity index is 519. The zero-order valence-electron chi connectivity index (χ0n) is 12.5. The Morgan fingerprint density at radius 1 is 1.20 bits per heavy atom. The van der Waals surface area contributed by atoms with E-state index in [1.165, 1.54) is 5.56 Å². The van der Waals surface area contributed by atoms with Crippen LogP contribution in [0.15, 0.2) is 30.5 Å². The van der Waals surface area contributed by atoms with Crippen molar-refractivity contribution in [2.45, 2.75) is 26.8 Å². The summed E-state index contributed by atoms with van der Waals surface area (Å²) in [6, 6.07) is 8.11. The van der Waals surface area contributed by atoms with Crippen molar-refractivity contribution in [2.24, 2.45) is 0 Å². The van der Waals surface area contributed by atoms with Crippen LogP contribution in [0, 0.1) is 0 Å². The summed E-state index contributed by atoms with van der Waals surface area (Å²) in [6.45, 7) is 6.87. The predicted molar refractivity (Wildman–Crippen MR) is 81.8 cm³/mol. The molecule has 0 amide bonds. The lowest BCUT2D eigenvalue weighted by Gasteiger charge is -2.15. The zero-order valence-corrected chi connectivity index (χ0v) is 12.5. The highest BCUT2D eigenvalue weighted by Gasteiger charge is 2.10. The van der Waals surface area contributed by atoms with Gasteiger partial charge in [0.1, 0.15) is 5.75 Å². The molecule has 0 saturated heterocycles. The number of aromatic amines is 1. The second-order valence-corrected chi connectivity index (χ2v) is 4.95. The average molecular weight is 273 g/mol. The molecule has 0 bridgehead atoms. The van der Waals surface area contributed by atoms with Crippen molar-refractivity contribution in [1.29, 1.82) is 0 Å². The van der Waals surface area contributed by atoms with Gasteiger partial charge in [-0.15, -0.1) is 0 Å². The molecule has 0 radical (unpaired) electrons. The van der Waals surface area contributed by atoms with Crippen molar-refractivity contribution in [3.8, 4) is 17.0 Å². The van der Waals surface area contributed by atoms with E-state index in [4.69, 9.17) is 4.74 Å². The predicted octanol–water partition coefficient (Wildman–Crippen LogP) is 3.32. The molecule has 0 saturated carbocycles. The fourth-order valence-electron chi connectivity index (χ4n) is 2.31. The molecule has 20 heavy (non-hydrogen) atoms. The highest BCUT2D eigenvalue weighted by molar-refractivity contribution is 5.63. The third-order valence-electron chi connectivity index (χ3n) is 3.20. The Kier molecular flexibility index (Phi) is 5.18. The highest BCUT2D eigenvalue weighted by atomic mass is 16.5. The molecule has 1 aromatic heterocycles. The summed E-state index contributed by atoms with van der Waals surface area (Å²) in [6.07, 6.45) is 3.14. The number of aromatic nitrogens is 2. The molecular weight excluding hydrogens is 250 g/mol. The summed E-state index contributed by atoms with van der Waals surface area (Å²) in [7, 11) is 2.14. The molecule has 0 spiro atoms. The summed E-state index contributed by atoms with van der Waals surface area (Å²) < 4.78 is 5.47. The van der Waals surface area contributed by atoms with Gasteiger partial charge in [0.15, 0.2) is 0 Å². The molecule has 2 rings (SSSR count). The van der Waals surface area contributed by atoms with E-state index >= 15 is 0 Å². The minimum Gasteiger partial charge on any atom is -0.494 e. The van der Waals surface area contributed by atoms with Gasteiger partial charge in [-0.05, 0) is 51.2 Å². The largest absolute Gasteiger partial charge is 0.494 e. The third-order valence-corrected chi connectivity index (χ3v) is 3.20. The highest BCUT2D eigenvalue weighted by Crippen LogP contribution is 2.24. The van der Waals surface area contributed by atoms with Crippen LogP contribution >= 0.6 is 0 Å². The Hall–Kier alpha value is -1.81. The van der Waals surface area contributed by atoms with Crippen LogP contribution in [0.2, 0.25) is 0 Å². The molecule has 0 aliphatic rings. The van der Waals surface area contributed by atoms with Crippen molar-refractivity contribution in [1.82, 2.24) is 15.1 Å². The van der Waals surface area contributed by atoms with Crippen molar-refractivity contribution in [2.75, 3.05) is 20.2 Å². The van der Waals surface area contributed by atoms with Gasteiger partial charge in [-0.3, -0.25) is 5.10 Å². The lowest BCUT2D eigenvalue weighted by Crippen LogP contribution is -2.18. The van der Waals surface area contributed by atoms with Crippen molar-refractivity contribution >= 4 is 0 Å². The maximum Gasteiger partial charge on any atom is 0.119 e. The monoisotopic (exact) mass is 273 g/mol. The summed E-state index contributed by atoms with van der Waals surface area (Å²) in [4.78, 5) is 2.31. The second-order valence-electron chi connectivity index (χ2n) is 4.95. The summed E-state index contributed by atoms with van der Waals surface area (Å²) in [5, 5.41) is 7.36. The van der Waals surface area contributed by atoms with Gasteiger partial charge in [0, 0.05) is 23.9 Å². The van der Waals surface area contributed by atoms with Crippen LogP contribution in [0.3, 0.4) is 0 Å². The van der Waals surface area contributed by atoms with Crippen LogP contribution in [0.1, 0.15) is 25.8 Å². The quantitative estimate of drug-likeness (QED) is 0.841. The summed E-state index contributed by atoms with van der Waals surface area (Å²) in [5.74, 6) is 0.899. The molecule has 1 N–H and O–H groups in total. The number of hydrogen-bond acceptors (Lipinski definition) is 3. The number of nitrogens with zero attached hydrogens (tertiary/aromatic N) is 2. The Labute approximate surface area is 120 Å². The van der Waals surface area contributed by atoms with Gasteiger partial charge in [-0.25, -0.2) is 0 Å². The van der Waals surface area contributed by atoms with Crippen molar-refractivity contribution in [3.05, 3.63) is 36.0 Å². The van der Waals surface area contributed by atoms with Gasteiger partial charge < -0.3 is 9.64 Å². The van der Waals surface area contributed by atoms with E-state index < -0.39 is 0 Å². The lowest BCUT2D eigenvalue weighted by atomic mass is 10.1. The molecule has 0 aliphatic carbocycles. The lowest BCUT2D eigenvalue weighted by molar-refractivity contribution is 0.328. The molecule has 4 nitrogen and oxygen atoms in total. The van der Waals surface area contributed by atoms with E-state index in [0.29, 0.717) is 6.61 Å². The molecule has 1 aromatic carbocycles. The van der Waals surface area contributed by atoms with E-state index in [2.05, 4.69) is 41.2 Å². The van der Waals surface area contributed by atoms with Gasteiger partial charge >= 0.3 is 0 Å². The minimum atomic E-state index is 0.689. The molecule has 0 atom stereocenters. The molecule has 108 valence electrons. The van der Waals surface area contributed by atoms with Crippen LogP contribution in [-0.2, 0) is 6.54 Å². The average Bonchev–Trinajstić information content (AvgIpc) is 2.88. The molecule has 4 heteroatoms. The number of benzene rings is 1. The van der Waals surface area contributed by atoms with Crippen LogP contribution in [0.4, 0.5) is 0 Å². The van der Waals surface area contributed by atoms with Crippen LogP contribution in [0.5, 0.6) is 5.75 Å². The first-order valence-corrected chi connectivity index (χ1v) is 7.19. The van der Waals surface area contributed by atoms with Gasteiger partial charge in [0.25, 0.3) is 0 Å². The van der Waals surface area contributed by atoms with Crippen molar-refractivity contribution in [3.63, 3.8) is 0 Å². The Balaban J connectivity index is 2.14. The number of nitrogens with one attached hydrogen (secondary N) is 1. The zero-order chi connectivity index (χ0) is 14.4. The standard InChI is InChI=1S/C16H23N3O/c1-4-10-19(3)12-14-11-17-18-16(14)13-6-8-15(9-7-13)20-5-2/h6-9,11H,4-5,10,12H2,1-3H3,(H,17,18). The smallest absolute Gasteiger partial charge is 0.119 e. The van der Waals surface area contributed by atoms with Gasteiger partial charge in [0.2, 0.25) is 0 Å². The summed E-state index contributed by atoms with van der Waals surface area (Å²) in [5.41, 5.74) is 3.37. The topological polar surface area (TPSA) is 41.2 Å². The maximum absolute atomic E-state index is 5.47. The summed E-state index contributed by atoms with van der Waals surface area (Å²) >= 11 is 0. The van der Waals surface area contributed by atoms with Crippen LogP contribution in [-0.4, -0.2) is 35.3 Å². The fourth-order valence-corrected chi connectivity index (χ4v) is 2.31. The number of hydrogen-bond donors (Lipinski definition) is 1. The Morgan fingerprint density at radius 2 is 1.95 bits per heavy atom. The van der Waals surface area contributed by atoms with E-state index in [0.717, 1.165) is 36.5 Å². The minimum absolute atomic E-state index is 0.689. The first-order valence-electron chi connectivity index (χ1n) is 7.19. The number of H-pyrrole nitrogens is 1. The van der Waals surface area contributed by atoms with Crippen LogP contribution < -0.4 is 4.74 Å². The normalized spacial score (nSPS) is 11.0. The van der Waals surface area contributed by atoms with Crippen molar-refractivity contribution < 1.29 is 4.74 Å². The Morgan fingerprint density at radius 3 is 2.60 bits per heavy atom. The maximum atomic E-state index is 5.47. The molecule has 0 fully saturated rings. The van der Waals surface area contributed by atoms with E-state index in [-0.39, 0.29) is 0 Å². The molecule has 0 unspecified atom stereocenters.